The lowest BCUT2D eigenvalue weighted by molar-refractivity contribution is 0.266. The van der Waals surface area contributed by atoms with Crippen molar-refractivity contribution in [3.63, 3.8) is 0 Å². The fraction of sp³-hybridized carbons (Fsp3) is 0.400. The number of hydrogen-bond acceptors (Lipinski definition) is 4. The minimum Gasteiger partial charge on any atom is -0.396 e. The molecule has 0 spiro atoms. The fourth-order valence-electron chi connectivity index (χ4n) is 2.69. The molecule has 2 aromatic carbocycles. The lowest BCUT2D eigenvalue weighted by atomic mass is 10.0. The molecule has 2 rings (SSSR count). The van der Waals surface area contributed by atoms with E-state index in [9.17, 15) is 8.42 Å². The molecule has 0 amide bonds. The summed E-state index contributed by atoms with van der Waals surface area (Å²) in [6.45, 7) is 0.291. The van der Waals surface area contributed by atoms with Gasteiger partial charge in [-0.2, -0.15) is 8.42 Å². The van der Waals surface area contributed by atoms with Crippen molar-refractivity contribution in [2.45, 2.75) is 37.4 Å². The monoisotopic (exact) mass is 362 g/mol. The highest BCUT2D eigenvalue weighted by Gasteiger charge is 2.27. The molecule has 0 atom stereocenters. The third-order valence-electron chi connectivity index (χ3n) is 4.07. The van der Waals surface area contributed by atoms with Gasteiger partial charge in [0.1, 0.15) is 0 Å². The van der Waals surface area contributed by atoms with E-state index in [-0.39, 0.29) is 13.2 Å². The van der Waals surface area contributed by atoms with E-state index >= 15 is 0 Å². The van der Waals surface area contributed by atoms with Crippen LogP contribution < -0.4 is 0 Å². The van der Waals surface area contributed by atoms with Crippen LogP contribution in [0.15, 0.2) is 60.7 Å². The van der Waals surface area contributed by atoms with E-state index in [1.807, 2.05) is 60.7 Å². The van der Waals surface area contributed by atoms with Crippen molar-refractivity contribution in [3.8, 4) is 0 Å². The average molecular weight is 362 g/mol. The van der Waals surface area contributed by atoms with E-state index < -0.39 is 15.4 Å². The SMILES string of the molecule is O=S(=O)(OCCCCCO)C(Cc1ccccc1)Cc1ccccc1. The van der Waals surface area contributed by atoms with Crippen LogP contribution in [-0.4, -0.2) is 32.0 Å². The van der Waals surface area contributed by atoms with Crippen LogP contribution in [0.1, 0.15) is 30.4 Å². The lowest BCUT2D eigenvalue weighted by Gasteiger charge is -2.18. The minimum atomic E-state index is -3.67. The predicted octanol–water partition coefficient (Wildman–Crippen LogP) is 3.35. The Morgan fingerprint density at radius 1 is 0.800 bits per heavy atom. The molecule has 0 fully saturated rings. The Morgan fingerprint density at radius 3 is 1.80 bits per heavy atom. The summed E-state index contributed by atoms with van der Waals surface area (Å²) in [4.78, 5) is 0. The van der Waals surface area contributed by atoms with Crippen molar-refractivity contribution >= 4 is 10.1 Å². The van der Waals surface area contributed by atoms with Crippen molar-refractivity contribution in [2.24, 2.45) is 0 Å². The molecule has 136 valence electrons. The van der Waals surface area contributed by atoms with E-state index in [0.717, 1.165) is 17.5 Å². The van der Waals surface area contributed by atoms with Gasteiger partial charge in [-0.1, -0.05) is 60.7 Å². The van der Waals surface area contributed by atoms with Gasteiger partial charge in [-0.25, -0.2) is 0 Å². The second kappa shape index (κ2) is 10.3. The summed E-state index contributed by atoms with van der Waals surface area (Å²) in [6.07, 6.45) is 2.90. The third kappa shape index (κ3) is 6.98. The maximum Gasteiger partial charge on any atom is 0.270 e. The summed E-state index contributed by atoms with van der Waals surface area (Å²) in [7, 11) is -3.67. The molecule has 2 aromatic rings. The summed E-state index contributed by atoms with van der Waals surface area (Å²) in [5.41, 5.74) is 1.96. The Hall–Kier alpha value is -1.69. The average Bonchev–Trinajstić information content (AvgIpc) is 2.63. The molecular weight excluding hydrogens is 336 g/mol. The molecule has 0 saturated carbocycles. The third-order valence-corrected chi connectivity index (χ3v) is 5.72. The first-order chi connectivity index (χ1) is 12.1. The maximum atomic E-state index is 12.7. The van der Waals surface area contributed by atoms with Crippen molar-refractivity contribution in [2.75, 3.05) is 13.2 Å². The first kappa shape index (κ1) is 19.6. The zero-order chi connectivity index (χ0) is 18.0. The van der Waals surface area contributed by atoms with Crippen LogP contribution in [0.2, 0.25) is 0 Å². The summed E-state index contributed by atoms with van der Waals surface area (Å²) in [5.74, 6) is 0. The van der Waals surface area contributed by atoms with Crippen LogP contribution in [0.5, 0.6) is 0 Å². The predicted molar refractivity (Wildman–Crippen MR) is 99.9 cm³/mol. The van der Waals surface area contributed by atoms with Crippen molar-refractivity contribution in [1.82, 2.24) is 0 Å². The molecule has 0 aliphatic rings. The van der Waals surface area contributed by atoms with Crippen LogP contribution in [0, 0.1) is 0 Å². The van der Waals surface area contributed by atoms with E-state index in [1.54, 1.807) is 0 Å². The zero-order valence-corrected chi connectivity index (χ0v) is 15.2. The van der Waals surface area contributed by atoms with Gasteiger partial charge in [0, 0.05) is 6.61 Å². The summed E-state index contributed by atoms with van der Waals surface area (Å²) in [6, 6.07) is 19.2. The normalized spacial score (nSPS) is 11.8. The summed E-state index contributed by atoms with van der Waals surface area (Å²) >= 11 is 0. The first-order valence-electron chi connectivity index (χ1n) is 8.69. The summed E-state index contributed by atoms with van der Waals surface area (Å²) in [5, 5.41) is 8.17. The standard InChI is InChI=1S/C20H26O4S/c21-14-8-3-9-15-24-25(22,23)20(16-18-10-4-1-5-11-18)17-19-12-6-2-7-13-19/h1-2,4-7,10-13,20-21H,3,8-9,14-17H2. The van der Waals surface area contributed by atoms with Gasteiger partial charge in [0.05, 0.1) is 11.9 Å². The van der Waals surface area contributed by atoms with Crippen LogP contribution in [-0.2, 0) is 27.1 Å². The number of aliphatic hydroxyl groups excluding tert-OH is 1. The smallest absolute Gasteiger partial charge is 0.270 e. The minimum absolute atomic E-state index is 0.122. The van der Waals surface area contributed by atoms with E-state index in [1.165, 1.54) is 0 Å². The Balaban J connectivity index is 2.06. The Labute approximate surface area is 150 Å². The lowest BCUT2D eigenvalue weighted by Crippen LogP contribution is -2.28. The van der Waals surface area contributed by atoms with E-state index in [2.05, 4.69) is 0 Å². The molecule has 0 unspecified atom stereocenters. The number of aliphatic hydroxyl groups is 1. The molecule has 4 nitrogen and oxygen atoms in total. The second-order valence-electron chi connectivity index (χ2n) is 6.10. The van der Waals surface area contributed by atoms with Gasteiger partial charge in [0.15, 0.2) is 0 Å². The van der Waals surface area contributed by atoms with Gasteiger partial charge in [-0.05, 0) is 43.2 Å². The number of hydrogen-bond donors (Lipinski definition) is 1. The summed E-state index contributed by atoms with van der Waals surface area (Å²) < 4.78 is 30.7. The topological polar surface area (TPSA) is 63.6 Å². The molecule has 0 bridgehead atoms. The van der Waals surface area contributed by atoms with Crippen LogP contribution >= 0.6 is 0 Å². The van der Waals surface area contributed by atoms with Crippen molar-refractivity contribution in [3.05, 3.63) is 71.8 Å². The van der Waals surface area contributed by atoms with Crippen molar-refractivity contribution in [1.29, 1.82) is 0 Å². The van der Waals surface area contributed by atoms with E-state index in [4.69, 9.17) is 9.29 Å². The molecule has 1 N–H and O–H groups in total. The fourth-order valence-corrected chi connectivity index (χ4v) is 4.03. The van der Waals surface area contributed by atoms with Gasteiger partial charge < -0.3 is 5.11 Å². The molecule has 5 heteroatoms. The van der Waals surface area contributed by atoms with Crippen LogP contribution in [0.3, 0.4) is 0 Å². The highest BCUT2D eigenvalue weighted by atomic mass is 32.2. The molecule has 0 aliphatic carbocycles. The zero-order valence-electron chi connectivity index (χ0n) is 14.4. The maximum absolute atomic E-state index is 12.7. The molecule has 0 radical (unpaired) electrons. The Kier molecular flexibility index (Phi) is 8.12. The number of unbranched alkanes of at least 4 members (excludes halogenated alkanes) is 2. The molecule has 0 aliphatic heterocycles. The van der Waals surface area contributed by atoms with Gasteiger partial charge in [-0.3, -0.25) is 4.18 Å². The Bertz CT molecular complexity index is 657. The first-order valence-corrected chi connectivity index (χ1v) is 10.2. The molecular formula is C20H26O4S. The molecule has 0 aromatic heterocycles. The quantitative estimate of drug-likeness (QED) is 0.492. The molecule has 0 saturated heterocycles. The van der Waals surface area contributed by atoms with Gasteiger partial charge >= 0.3 is 0 Å². The molecule has 25 heavy (non-hydrogen) atoms. The van der Waals surface area contributed by atoms with E-state index in [0.29, 0.717) is 25.7 Å². The largest absolute Gasteiger partial charge is 0.396 e. The Morgan fingerprint density at radius 2 is 1.32 bits per heavy atom. The molecule has 0 heterocycles. The highest BCUT2D eigenvalue weighted by Crippen LogP contribution is 2.18. The van der Waals surface area contributed by atoms with Crippen LogP contribution in [0.25, 0.3) is 0 Å². The van der Waals surface area contributed by atoms with Crippen LogP contribution in [0.4, 0.5) is 0 Å². The second-order valence-corrected chi connectivity index (χ2v) is 7.99. The van der Waals surface area contributed by atoms with Gasteiger partial charge in [0.2, 0.25) is 0 Å². The van der Waals surface area contributed by atoms with Gasteiger partial charge in [0.25, 0.3) is 10.1 Å². The van der Waals surface area contributed by atoms with Gasteiger partial charge in [-0.15, -0.1) is 0 Å². The number of benzene rings is 2. The highest BCUT2D eigenvalue weighted by molar-refractivity contribution is 7.87. The number of rotatable bonds is 11. The van der Waals surface area contributed by atoms with Crippen molar-refractivity contribution < 1.29 is 17.7 Å².